The number of benzene rings is 1. The third kappa shape index (κ3) is 5.55. The van der Waals surface area contributed by atoms with Gasteiger partial charge in [0.05, 0.1) is 17.7 Å². The number of nitrogens with zero attached hydrogens (tertiary/aromatic N) is 3. The number of aliphatic imine (C=N–C) groups is 1. The molecule has 0 saturated carbocycles. The van der Waals surface area contributed by atoms with E-state index >= 15 is 0 Å². The summed E-state index contributed by atoms with van der Waals surface area (Å²) in [4.78, 5) is 30.8. The number of carbonyl (C=O) groups excluding carboxylic acids is 2. The minimum Gasteiger partial charge on any atom is -0.465 e. The van der Waals surface area contributed by atoms with E-state index in [1.165, 1.54) is 68.2 Å². The first-order valence-corrected chi connectivity index (χ1v) is 12.3. The molecule has 1 aromatic heterocycles. The van der Waals surface area contributed by atoms with E-state index in [0.717, 1.165) is 4.31 Å². The molecule has 1 aliphatic rings. The molecule has 1 saturated heterocycles. The van der Waals surface area contributed by atoms with E-state index in [2.05, 4.69) is 4.99 Å². The van der Waals surface area contributed by atoms with Crippen molar-refractivity contribution in [3.8, 4) is 0 Å². The van der Waals surface area contributed by atoms with Crippen molar-refractivity contribution in [3.05, 3.63) is 53.5 Å². The topological polar surface area (TPSA) is 109 Å². The lowest BCUT2D eigenvalue weighted by atomic mass is 10.2. The molecule has 1 unspecified atom stereocenters. The molecule has 11 heteroatoms. The second-order valence-electron chi connectivity index (χ2n) is 7.50. The van der Waals surface area contributed by atoms with Crippen molar-refractivity contribution in [2.75, 3.05) is 27.7 Å². The van der Waals surface area contributed by atoms with Crippen LogP contribution in [0.5, 0.6) is 0 Å². The van der Waals surface area contributed by atoms with Crippen molar-refractivity contribution in [2.45, 2.75) is 24.0 Å². The van der Waals surface area contributed by atoms with E-state index < -0.39 is 16.0 Å². The van der Waals surface area contributed by atoms with Gasteiger partial charge in [-0.2, -0.15) is 0 Å². The summed E-state index contributed by atoms with van der Waals surface area (Å²) in [7, 11) is 0.608. The third-order valence-corrected chi connectivity index (χ3v) is 7.68. The van der Waals surface area contributed by atoms with Gasteiger partial charge in [-0.15, -0.1) is 0 Å². The minimum absolute atomic E-state index is 0.117. The van der Waals surface area contributed by atoms with Gasteiger partial charge in [0.1, 0.15) is 17.1 Å². The van der Waals surface area contributed by atoms with E-state index in [1.807, 2.05) is 6.92 Å². The van der Waals surface area contributed by atoms with Crippen molar-refractivity contribution in [1.82, 2.24) is 9.21 Å². The smallest absolute Gasteiger partial charge is 0.341 e. The van der Waals surface area contributed by atoms with Gasteiger partial charge in [-0.25, -0.2) is 22.5 Å². The first-order chi connectivity index (χ1) is 15.5. The Morgan fingerprint density at radius 1 is 1.30 bits per heavy atom. The summed E-state index contributed by atoms with van der Waals surface area (Å²) in [5.74, 6) is -0.0772. The number of thioether (sulfide) groups is 1. The van der Waals surface area contributed by atoms with Gasteiger partial charge in [0, 0.05) is 32.0 Å². The van der Waals surface area contributed by atoms with Crippen LogP contribution in [0.2, 0.25) is 0 Å². The summed E-state index contributed by atoms with van der Waals surface area (Å²) in [6, 6.07) is 7.79. The molecule has 2 aromatic rings. The average molecular weight is 492 g/mol. The Balaban J connectivity index is 1.84. The molecule has 0 N–H and O–H groups in total. The molecule has 1 aromatic carbocycles. The predicted molar refractivity (Wildman–Crippen MR) is 127 cm³/mol. The highest BCUT2D eigenvalue weighted by Crippen LogP contribution is 2.29. The quantitative estimate of drug-likeness (QED) is 0.450. The van der Waals surface area contributed by atoms with Gasteiger partial charge in [-0.3, -0.25) is 9.69 Å². The maximum absolute atomic E-state index is 12.9. The van der Waals surface area contributed by atoms with E-state index in [-0.39, 0.29) is 16.1 Å². The monoisotopic (exact) mass is 491 g/mol. The Morgan fingerprint density at radius 2 is 2.03 bits per heavy atom. The van der Waals surface area contributed by atoms with Gasteiger partial charge in [-0.1, -0.05) is 24.8 Å². The van der Waals surface area contributed by atoms with E-state index in [1.54, 1.807) is 19.1 Å². The number of methoxy groups -OCH3 is 1. The van der Waals surface area contributed by atoms with Crippen LogP contribution >= 0.6 is 11.8 Å². The maximum Gasteiger partial charge on any atom is 0.341 e. The number of sulfonamides is 1. The zero-order valence-electron chi connectivity index (χ0n) is 18.9. The Morgan fingerprint density at radius 3 is 2.70 bits per heavy atom. The number of esters is 1. The maximum atomic E-state index is 12.9. The summed E-state index contributed by atoms with van der Waals surface area (Å²) >= 11 is 1.43. The molecule has 176 valence electrons. The van der Waals surface area contributed by atoms with E-state index in [9.17, 15) is 18.0 Å². The van der Waals surface area contributed by atoms with Crippen molar-refractivity contribution in [2.24, 2.45) is 4.99 Å². The Bertz CT molecular complexity index is 1230. The van der Waals surface area contributed by atoms with E-state index in [4.69, 9.17) is 9.15 Å². The molecule has 1 fully saturated rings. The largest absolute Gasteiger partial charge is 0.465 e. The molecule has 1 atom stereocenters. The number of hydrogen-bond acceptors (Lipinski definition) is 8. The van der Waals surface area contributed by atoms with Crippen LogP contribution in [-0.2, 0) is 19.6 Å². The summed E-state index contributed by atoms with van der Waals surface area (Å²) in [5, 5.41) is 0.592. The summed E-state index contributed by atoms with van der Waals surface area (Å²) in [6.45, 7) is 4.06. The second-order valence-corrected chi connectivity index (χ2v) is 11.1. The fraction of sp³-hybridized carbons (Fsp3) is 0.318. The van der Waals surface area contributed by atoms with Crippen LogP contribution < -0.4 is 0 Å². The number of hydrogen-bond donors (Lipinski definition) is 0. The molecule has 1 aliphatic heterocycles. The zero-order chi connectivity index (χ0) is 24.3. The van der Waals surface area contributed by atoms with Crippen LogP contribution in [0.1, 0.15) is 28.8 Å². The summed E-state index contributed by atoms with van der Waals surface area (Å²) in [5.41, 5.74) is 0.727. The summed E-state index contributed by atoms with van der Waals surface area (Å²) in [6.07, 6.45) is 2.83. The molecule has 1 amide bonds. The highest BCUT2D eigenvalue weighted by molar-refractivity contribution is 8.14. The van der Waals surface area contributed by atoms with Crippen LogP contribution in [0.15, 0.2) is 50.7 Å². The van der Waals surface area contributed by atoms with Crippen molar-refractivity contribution >= 4 is 50.6 Å². The molecular formula is C22H25N3O6S2. The highest BCUT2D eigenvalue weighted by Gasteiger charge is 2.30. The zero-order valence-corrected chi connectivity index (χ0v) is 20.6. The van der Waals surface area contributed by atoms with E-state index in [0.29, 0.717) is 34.5 Å². The Hall–Kier alpha value is -2.89. The average Bonchev–Trinajstić information content (AvgIpc) is 3.33. The molecule has 2 heterocycles. The van der Waals surface area contributed by atoms with Crippen molar-refractivity contribution in [1.29, 1.82) is 0 Å². The normalized spacial score (nSPS) is 17.9. The van der Waals surface area contributed by atoms with Gasteiger partial charge >= 0.3 is 5.97 Å². The fourth-order valence-electron chi connectivity index (χ4n) is 3.06. The minimum atomic E-state index is -3.60. The molecule has 33 heavy (non-hydrogen) atoms. The van der Waals surface area contributed by atoms with Gasteiger partial charge in [0.2, 0.25) is 10.0 Å². The van der Waals surface area contributed by atoms with Crippen molar-refractivity contribution < 1.29 is 27.2 Å². The lowest BCUT2D eigenvalue weighted by Crippen LogP contribution is -2.30. The lowest BCUT2D eigenvalue weighted by molar-refractivity contribution is -0.122. The highest BCUT2D eigenvalue weighted by atomic mass is 32.2. The number of ether oxygens (including phenoxy) is 1. The number of amides is 1. The number of furan rings is 1. The number of amidine groups is 1. The molecule has 9 nitrogen and oxygen atoms in total. The molecule has 3 rings (SSSR count). The fourth-order valence-corrected chi connectivity index (χ4v) is 5.04. The number of rotatable bonds is 6. The van der Waals surface area contributed by atoms with Gasteiger partial charge in [-0.05, 0) is 37.3 Å². The molecule has 0 radical (unpaired) electrons. The standard InChI is InChI=1S/C22H25N3O6S2/c1-14-13-25(20(26)10-9-17-12-19(15(2)31-17)21(27)30-5)22(32-14)23-16-7-6-8-18(11-16)33(28,29)24(3)4/h6-12,14H,13H2,1-5H3/b10-9+,23-22?. The van der Waals surface area contributed by atoms with Gasteiger partial charge in [0.15, 0.2) is 5.17 Å². The van der Waals surface area contributed by atoms with Crippen LogP contribution in [0.4, 0.5) is 5.69 Å². The SMILES string of the molecule is COC(=O)c1cc(/C=C/C(=O)N2CC(C)SC2=Nc2cccc(S(=O)(=O)N(C)C)c2)oc1C. The number of aryl methyl sites for hydroxylation is 1. The molecular weight excluding hydrogens is 466 g/mol. The van der Waals surface area contributed by atoms with Crippen LogP contribution in [-0.4, -0.2) is 67.7 Å². The van der Waals surface area contributed by atoms with Crippen molar-refractivity contribution in [3.63, 3.8) is 0 Å². The van der Waals surface area contributed by atoms with Gasteiger partial charge < -0.3 is 9.15 Å². The van der Waals surface area contributed by atoms with Crippen LogP contribution in [0.25, 0.3) is 6.08 Å². The molecule has 0 bridgehead atoms. The van der Waals surface area contributed by atoms with Gasteiger partial charge in [0.25, 0.3) is 5.91 Å². The molecule has 0 aliphatic carbocycles. The lowest BCUT2D eigenvalue weighted by Gasteiger charge is -2.14. The Labute approximate surface area is 197 Å². The molecule has 0 spiro atoms. The van der Waals surface area contributed by atoms with Crippen LogP contribution in [0.3, 0.4) is 0 Å². The third-order valence-electron chi connectivity index (χ3n) is 4.80. The number of carbonyl (C=O) groups is 2. The first-order valence-electron chi connectivity index (χ1n) is 9.99. The Kier molecular flexibility index (Phi) is 7.45. The predicted octanol–water partition coefficient (Wildman–Crippen LogP) is 3.29. The first kappa shape index (κ1) is 24.7. The second kappa shape index (κ2) is 9.94. The van der Waals surface area contributed by atoms with Crippen LogP contribution in [0, 0.1) is 6.92 Å². The summed E-state index contributed by atoms with van der Waals surface area (Å²) < 4.78 is 36.2.